The summed E-state index contributed by atoms with van der Waals surface area (Å²) in [6, 6.07) is 0. The van der Waals surface area contributed by atoms with Crippen molar-refractivity contribution in [2.75, 3.05) is 13.1 Å². The summed E-state index contributed by atoms with van der Waals surface area (Å²) in [5, 5.41) is 6.76. The summed E-state index contributed by atoms with van der Waals surface area (Å²) in [5.41, 5.74) is 12.5. The molecule has 0 aromatic rings. The quantitative estimate of drug-likeness (QED) is 0.511. The summed E-state index contributed by atoms with van der Waals surface area (Å²) in [7, 11) is 0. The van der Waals surface area contributed by atoms with Gasteiger partial charge in [-0.3, -0.25) is 0 Å². The Hall–Kier alpha value is 0.130. The standard InChI is InChI=1S/C2H6N2.CHO2.Ag/c3-1-2-4;2-1-3;/h3-4H,1-2H2;(H,2,3);/q-2;-1;. The average Bonchev–Trinajstić information content (AvgIpc) is 1.69. The Labute approximate surface area is 63.7 Å². The van der Waals surface area contributed by atoms with Crippen LogP contribution in [0.15, 0.2) is 0 Å². The van der Waals surface area contributed by atoms with E-state index in [2.05, 4.69) is 0 Å². The molecule has 3 N–H and O–H groups in total. The number of rotatable bonds is 1. The zero-order valence-electron chi connectivity index (χ0n) is 4.07. The van der Waals surface area contributed by atoms with Gasteiger partial charge < -0.3 is 21.4 Å². The van der Waals surface area contributed by atoms with Gasteiger partial charge in [-0.1, -0.05) is 6.47 Å². The average molecular weight is 211 g/mol. The van der Waals surface area contributed by atoms with E-state index < -0.39 is 0 Å². The van der Waals surface area contributed by atoms with Crippen LogP contribution in [0.2, 0.25) is 0 Å². The third kappa shape index (κ3) is 126. The third-order valence-corrected chi connectivity index (χ3v) is 0.125. The first kappa shape index (κ1) is 15.7. The van der Waals surface area contributed by atoms with Crippen LogP contribution in [-0.2, 0) is 27.2 Å². The van der Waals surface area contributed by atoms with Crippen LogP contribution in [0.5, 0.6) is 0 Å². The maximum absolute atomic E-state index is 8.24. The Bertz CT molecular complexity index is 34.5. The zero-order chi connectivity index (χ0) is 6.12. The molecule has 0 saturated carbocycles. The summed E-state index contributed by atoms with van der Waals surface area (Å²) >= 11 is 0. The van der Waals surface area contributed by atoms with Crippen LogP contribution in [0.25, 0.3) is 11.5 Å². The van der Waals surface area contributed by atoms with Crippen molar-refractivity contribution in [2.45, 2.75) is 0 Å². The minimum absolute atomic E-state index is 0. The van der Waals surface area contributed by atoms with Crippen molar-refractivity contribution in [1.82, 2.24) is 0 Å². The number of hydrogen-bond donors (Lipinski definition) is 1. The van der Waals surface area contributed by atoms with Gasteiger partial charge >= 0.3 is 0 Å². The smallest absolute Gasteiger partial charge is 0 e. The Morgan fingerprint density at radius 3 is 1.50 bits per heavy atom. The summed E-state index contributed by atoms with van der Waals surface area (Å²) in [6.45, 7) is 0.972. The first-order valence-electron chi connectivity index (χ1n) is 1.63. The van der Waals surface area contributed by atoms with Gasteiger partial charge in [0.2, 0.25) is 0 Å². The van der Waals surface area contributed by atoms with E-state index in [0.29, 0.717) is 6.47 Å². The normalized spacial score (nSPS) is 5.25. The molecule has 0 atom stereocenters. The number of nitrogens with one attached hydrogen (secondary N) is 2. The van der Waals surface area contributed by atoms with Crippen molar-refractivity contribution in [3.63, 3.8) is 0 Å². The minimum atomic E-state index is 0. The van der Waals surface area contributed by atoms with E-state index in [1.165, 1.54) is 0 Å². The Morgan fingerprint density at radius 1 is 1.38 bits per heavy atom. The fraction of sp³-hybridized carbons (Fsp3) is 0.667. The van der Waals surface area contributed by atoms with Crippen molar-refractivity contribution in [2.24, 2.45) is 0 Å². The van der Waals surface area contributed by atoms with Gasteiger partial charge in [0.1, 0.15) is 0 Å². The van der Waals surface area contributed by atoms with E-state index in [4.69, 9.17) is 21.4 Å². The molecule has 0 fully saturated rings. The molecule has 4 nitrogen and oxygen atoms in total. The van der Waals surface area contributed by atoms with Gasteiger partial charge in [0.25, 0.3) is 0 Å². The minimum Gasteiger partial charge on any atom is -0.679 e. The predicted octanol–water partition coefficient (Wildman–Crippen LogP) is 0.700. The van der Waals surface area contributed by atoms with E-state index in [1.807, 2.05) is 0 Å². The molecule has 0 aliphatic heterocycles. The Kier molecular flexibility index (Phi) is 53.7. The zero-order valence-corrected chi connectivity index (χ0v) is 5.55. The van der Waals surface area contributed by atoms with Crippen molar-refractivity contribution >= 4 is 6.47 Å². The van der Waals surface area contributed by atoms with E-state index >= 15 is 0 Å². The van der Waals surface area contributed by atoms with Crippen LogP contribution >= 0.6 is 0 Å². The third-order valence-electron chi connectivity index (χ3n) is 0.125. The van der Waals surface area contributed by atoms with Gasteiger partial charge in [-0.15, -0.1) is 0 Å². The maximum atomic E-state index is 8.24. The molecule has 8 heavy (non-hydrogen) atoms. The molecule has 0 spiro atoms. The van der Waals surface area contributed by atoms with Crippen LogP contribution in [0, 0.1) is 0 Å². The fourth-order valence-electron chi connectivity index (χ4n) is 0. The van der Waals surface area contributed by atoms with Crippen LogP contribution in [0.1, 0.15) is 0 Å². The largest absolute Gasteiger partial charge is 0.679 e. The van der Waals surface area contributed by atoms with E-state index in [-0.39, 0.29) is 35.5 Å². The van der Waals surface area contributed by atoms with Gasteiger partial charge in [-0.05, 0) is 0 Å². The molecule has 0 saturated heterocycles. The van der Waals surface area contributed by atoms with Gasteiger partial charge in [0, 0.05) is 22.4 Å². The molecule has 0 unspecified atom stereocenters. The Morgan fingerprint density at radius 2 is 1.50 bits per heavy atom. The van der Waals surface area contributed by atoms with E-state index in [1.54, 1.807) is 0 Å². The van der Waals surface area contributed by atoms with Crippen molar-refractivity contribution < 1.29 is 32.3 Å². The predicted molar refractivity (Wildman–Crippen MR) is 26.7 cm³/mol. The molecule has 0 aliphatic rings. The summed E-state index contributed by atoms with van der Waals surface area (Å²) in [4.78, 5) is 8.24. The van der Waals surface area contributed by atoms with E-state index in [9.17, 15) is 0 Å². The summed E-state index contributed by atoms with van der Waals surface area (Å²) < 4.78 is 0. The second-order valence-corrected chi connectivity index (χ2v) is 0.591. The molecular weight excluding hydrogens is 204 g/mol. The molecule has 1 radical (unpaired) electrons. The van der Waals surface area contributed by atoms with Crippen LogP contribution in [-0.4, -0.2) is 24.7 Å². The molecule has 0 heterocycles. The van der Waals surface area contributed by atoms with E-state index in [0.717, 1.165) is 0 Å². The van der Waals surface area contributed by atoms with Crippen molar-refractivity contribution in [3.05, 3.63) is 11.5 Å². The molecule has 0 amide bonds. The van der Waals surface area contributed by atoms with Crippen LogP contribution in [0.4, 0.5) is 0 Å². The molecule has 0 aromatic carbocycles. The topological polar surface area (TPSA) is 84.9 Å². The second-order valence-electron chi connectivity index (χ2n) is 0.591. The molecule has 0 aliphatic carbocycles. The fourth-order valence-corrected chi connectivity index (χ4v) is 0. The second kappa shape index (κ2) is 27.3. The maximum Gasteiger partial charge on any atom is 0 e. The Balaban J connectivity index is -0.0000000575. The molecule has 0 rings (SSSR count). The van der Waals surface area contributed by atoms with Gasteiger partial charge in [-0.2, -0.15) is 13.1 Å². The van der Waals surface area contributed by atoms with Gasteiger partial charge in [0.05, 0.1) is 0 Å². The van der Waals surface area contributed by atoms with Gasteiger partial charge in [-0.25, -0.2) is 0 Å². The molecule has 55 valence electrons. The molecular formula is C3H7AgN2O2-3. The van der Waals surface area contributed by atoms with Crippen molar-refractivity contribution in [1.29, 1.82) is 0 Å². The SMILES string of the molecule is O=[C-]O.[Ag].[NH-]CC[NH-]. The van der Waals surface area contributed by atoms with Gasteiger partial charge in [0.15, 0.2) is 0 Å². The molecule has 0 bridgehead atoms. The summed E-state index contributed by atoms with van der Waals surface area (Å²) in [6.07, 6.45) is 0. The first-order chi connectivity index (χ1) is 3.33. The summed E-state index contributed by atoms with van der Waals surface area (Å²) in [5.74, 6) is 0. The van der Waals surface area contributed by atoms with Crippen LogP contribution in [0.3, 0.4) is 0 Å². The molecule has 5 heteroatoms. The molecule has 0 aromatic heterocycles. The monoisotopic (exact) mass is 210 g/mol. The van der Waals surface area contributed by atoms with Crippen LogP contribution < -0.4 is 0 Å². The first-order valence-corrected chi connectivity index (χ1v) is 1.63. The number of hydrogen-bond acceptors (Lipinski definition) is 1. The number of aliphatic hydroxyl groups excluding tert-OH is 1. The van der Waals surface area contributed by atoms with Crippen molar-refractivity contribution in [3.8, 4) is 0 Å².